The van der Waals surface area contributed by atoms with Gasteiger partial charge < -0.3 is 24.4 Å². The predicted molar refractivity (Wildman–Crippen MR) is 173 cm³/mol. The topological polar surface area (TPSA) is 79.7 Å². The minimum absolute atomic E-state index is 0.371. The molecule has 0 radical (unpaired) electrons. The first-order valence-corrected chi connectivity index (χ1v) is 14.6. The van der Waals surface area contributed by atoms with E-state index in [1.807, 2.05) is 91.2 Å². The number of carbonyl (C=O) groups excluding carboxylic acids is 2. The highest BCUT2D eigenvalue weighted by Crippen LogP contribution is 2.29. The van der Waals surface area contributed by atoms with Gasteiger partial charge in [0.25, 0.3) is 11.7 Å². The van der Waals surface area contributed by atoms with Crippen molar-refractivity contribution in [1.82, 2.24) is 9.55 Å². The monoisotopic (exact) mass is 577 g/mol. The number of methoxy groups -OCH3 is 1. The molecule has 5 rings (SSSR count). The molecule has 1 fully saturated rings. The fraction of sp³-hybridized carbons (Fsp3) is 0.286. The minimum Gasteiger partial charge on any atom is -0.381 e. The smallest absolute Gasteiger partial charge is 0.298 e. The zero-order valence-electron chi connectivity index (χ0n) is 25.3. The zero-order chi connectivity index (χ0) is 30.3. The third kappa shape index (κ3) is 7.04. The van der Waals surface area contributed by atoms with Crippen LogP contribution in [-0.4, -0.2) is 61.1 Å². The summed E-state index contributed by atoms with van der Waals surface area (Å²) in [6, 6.07) is 23.6. The molecule has 0 aliphatic carbocycles. The van der Waals surface area contributed by atoms with Crippen molar-refractivity contribution in [2.75, 3.05) is 55.0 Å². The Morgan fingerprint density at radius 1 is 0.884 bits per heavy atom. The van der Waals surface area contributed by atoms with Crippen LogP contribution in [-0.2, 0) is 16.1 Å². The molecule has 2 aromatic heterocycles. The zero-order valence-corrected chi connectivity index (χ0v) is 25.3. The van der Waals surface area contributed by atoms with Gasteiger partial charge in [0, 0.05) is 68.2 Å². The van der Waals surface area contributed by atoms with Gasteiger partial charge in [-0.05, 0) is 74.4 Å². The molecule has 3 heterocycles. The molecule has 0 spiro atoms. The predicted octanol–water partition coefficient (Wildman–Crippen LogP) is 5.83. The van der Waals surface area contributed by atoms with Gasteiger partial charge in [-0.25, -0.2) is 4.98 Å². The highest BCUT2D eigenvalue weighted by molar-refractivity contribution is 6.47. The van der Waals surface area contributed by atoms with E-state index in [2.05, 4.69) is 34.2 Å². The van der Waals surface area contributed by atoms with Crippen LogP contribution in [0.25, 0.3) is 11.1 Å². The largest absolute Gasteiger partial charge is 0.381 e. The molecule has 1 N–H and O–H groups in total. The van der Waals surface area contributed by atoms with Crippen molar-refractivity contribution in [2.45, 2.75) is 27.3 Å². The van der Waals surface area contributed by atoms with Gasteiger partial charge in [-0.15, -0.1) is 0 Å². The third-order valence-electron chi connectivity index (χ3n) is 7.71. The average molecular weight is 578 g/mol. The summed E-state index contributed by atoms with van der Waals surface area (Å²) in [4.78, 5) is 36.3. The molecule has 4 aromatic rings. The van der Waals surface area contributed by atoms with Crippen molar-refractivity contribution < 1.29 is 14.3 Å². The van der Waals surface area contributed by atoms with E-state index >= 15 is 0 Å². The number of hydrogen-bond donors (Lipinski definition) is 1. The number of pyridine rings is 1. The summed E-state index contributed by atoms with van der Waals surface area (Å²) in [6.07, 6.45) is 3.84. The van der Waals surface area contributed by atoms with Gasteiger partial charge in [-0.1, -0.05) is 42.5 Å². The molecule has 0 unspecified atom stereocenters. The number of piperazine rings is 1. The Morgan fingerprint density at radius 2 is 1.58 bits per heavy atom. The lowest BCUT2D eigenvalue weighted by molar-refractivity contribution is -0.112. The summed E-state index contributed by atoms with van der Waals surface area (Å²) in [7, 11) is 1.63. The number of Topliss-reactive ketones (excluding diaryl/α,β-unsaturated/α-hetero) is 1. The summed E-state index contributed by atoms with van der Waals surface area (Å²) in [5, 5.41) is 2.83. The highest BCUT2D eigenvalue weighted by Gasteiger charge is 2.26. The van der Waals surface area contributed by atoms with Crippen LogP contribution in [0.2, 0.25) is 0 Å². The van der Waals surface area contributed by atoms with Crippen molar-refractivity contribution in [1.29, 1.82) is 0 Å². The lowest BCUT2D eigenvalue weighted by Crippen LogP contribution is -2.46. The Kier molecular flexibility index (Phi) is 9.37. The fourth-order valence-corrected chi connectivity index (χ4v) is 5.57. The number of aryl methyl sites for hydroxylation is 3. The second-order valence-corrected chi connectivity index (χ2v) is 10.9. The number of nitrogens with one attached hydrogen (secondary N) is 1. The Hall–Kier alpha value is -4.69. The number of hydrogen-bond acceptors (Lipinski definition) is 6. The van der Waals surface area contributed by atoms with E-state index in [9.17, 15) is 9.59 Å². The van der Waals surface area contributed by atoms with Crippen molar-refractivity contribution in [2.24, 2.45) is 0 Å². The molecular weight excluding hydrogens is 538 g/mol. The second-order valence-electron chi connectivity index (χ2n) is 10.9. The molecule has 0 saturated carbocycles. The van der Waals surface area contributed by atoms with Crippen molar-refractivity contribution >= 4 is 28.9 Å². The van der Waals surface area contributed by atoms with Gasteiger partial charge in [0.05, 0.1) is 6.61 Å². The van der Waals surface area contributed by atoms with Gasteiger partial charge in [-0.2, -0.15) is 0 Å². The van der Waals surface area contributed by atoms with Crippen LogP contribution >= 0.6 is 0 Å². The summed E-state index contributed by atoms with van der Waals surface area (Å²) in [6.45, 7) is 10.5. The molecule has 8 nitrogen and oxygen atoms in total. The quantitative estimate of drug-likeness (QED) is 0.145. The van der Waals surface area contributed by atoms with Gasteiger partial charge in [-0.3, -0.25) is 9.59 Å². The first-order chi connectivity index (χ1) is 20.8. The summed E-state index contributed by atoms with van der Waals surface area (Å²) >= 11 is 0. The highest BCUT2D eigenvalue weighted by atomic mass is 16.5. The molecule has 0 atom stereocenters. The Balaban J connectivity index is 1.27. The van der Waals surface area contributed by atoms with Crippen LogP contribution in [0.15, 0.2) is 84.9 Å². The minimum atomic E-state index is -0.667. The van der Waals surface area contributed by atoms with Crippen LogP contribution in [0.4, 0.5) is 17.2 Å². The van der Waals surface area contributed by atoms with Crippen LogP contribution in [0.3, 0.4) is 0 Å². The second kappa shape index (κ2) is 13.5. The van der Waals surface area contributed by atoms with E-state index in [1.54, 1.807) is 7.11 Å². The van der Waals surface area contributed by atoms with Gasteiger partial charge in [0.15, 0.2) is 0 Å². The molecule has 43 heavy (non-hydrogen) atoms. The lowest BCUT2D eigenvalue weighted by atomic mass is 10.0. The molecule has 0 bridgehead atoms. The van der Waals surface area contributed by atoms with Gasteiger partial charge in [0.2, 0.25) is 0 Å². The van der Waals surface area contributed by atoms with E-state index in [0.717, 1.165) is 60.2 Å². The number of benzene rings is 2. The normalized spacial score (nSPS) is 13.5. The first-order valence-electron chi connectivity index (χ1n) is 14.6. The number of carbonyl (C=O) groups is 2. The molecule has 1 saturated heterocycles. The standard InChI is InChI=1S/C35H39N5O3/c1-25-22-26(2)36-32(23-25)39-19-17-38(18-20-39)30-14-12-29(13-15-30)37-35(42)34(41)33-31(28-10-6-5-7-11-28)24-27(3)40(33)16-8-9-21-43-4/h5-15,22-24H,16-21H2,1-4H3,(H,37,42). The van der Waals surface area contributed by atoms with Gasteiger partial charge in [0.1, 0.15) is 11.5 Å². The molecule has 1 aliphatic rings. The number of rotatable bonds is 10. The summed E-state index contributed by atoms with van der Waals surface area (Å²) < 4.78 is 6.99. The van der Waals surface area contributed by atoms with Crippen molar-refractivity contribution in [3.63, 3.8) is 0 Å². The number of allylic oxidation sites excluding steroid dienone is 1. The Bertz CT molecular complexity index is 1580. The molecule has 1 aliphatic heterocycles. The Labute approximate surface area is 253 Å². The van der Waals surface area contributed by atoms with E-state index in [1.165, 1.54) is 5.56 Å². The number of nitrogens with zero attached hydrogens (tertiary/aromatic N) is 4. The first kappa shape index (κ1) is 29.8. The molecule has 2 aromatic carbocycles. The van der Waals surface area contributed by atoms with Crippen LogP contribution in [0.1, 0.15) is 27.4 Å². The maximum absolute atomic E-state index is 13.7. The van der Waals surface area contributed by atoms with E-state index in [-0.39, 0.29) is 0 Å². The third-order valence-corrected chi connectivity index (χ3v) is 7.71. The fourth-order valence-electron chi connectivity index (χ4n) is 5.57. The number of ketones is 1. The van der Waals surface area contributed by atoms with Crippen LogP contribution in [0.5, 0.6) is 0 Å². The average Bonchev–Trinajstić information content (AvgIpc) is 3.35. The number of amides is 1. The van der Waals surface area contributed by atoms with E-state index in [0.29, 0.717) is 24.5 Å². The maximum Gasteiger partial charge on any atom is 0.298 e. The molecule has 1 amide bonds. The number of ether oxygens (including phenoxy) is 1. The van der Waals surface area contributed by atoms with E-state index in [4.69, 9.17) is 9.72 Å². The van der Waals surface area contributed by atoms with Crippen LogP contribution in [0, 0.1) is 20.8 Å². The SMILES string of the molecule is COCC=CCn1c(C)cc(-c2ccccc2)c1C(=O)C(=O)Nc1ccc(N2CCN(c3cc(C)cc(C)n3)CC2)cc1. The number of anilines is 3. The Morgan fingerprint density at radius 3 is 2.26 bits per heavy atom. The summed E-state index contributed by atoms with van der Waals surface area (Å²) in [5.41, 5.74) is 6.81. The van der Waals surface area contributed by atoms with Crippen LogP contribution < -0.4 is 15.1 Å². The van der Waals surface area contributed by atoms with E-state index < -0.39 is 11.7 Å². The lowest BCUT2D eigenvalue weighted by Gasteiger charge is -2.37. The van der Waals surface area contributed by atoms with Crippen molar-refractivity contribution in [3.05, 3.63) is 108 Å². The summed E-state index contributed by atoms with van der Waals surface area (Å²) in [5.74, 6) is -0.213. The molecule has 222 valence electrons. The molecule has 8 heteroatoms. The molecular formula is C35H39N5O3. The van der Waals surface area contributed by atoms with Crippen molar-refractivity contribution in [3.8, 4) is 11.1 Å². The number of aromatic nitrogens is 2. The van der Waals surface area contributed by atoms with Gasteiger partial charge >= 0.3 is 0 Å². The maximum atomic E-state index is 13.7.